The molecule has 4 heteroatoms. The van der Waals surface area contributed by atoms with Gasteiger partial charge < -0.3 is 0 Å². The largest absolute Gasteiger partial charge is 0.223 e. The molecule has 0 aromatic heterocycles. The van der Waals surface area contributed by atoms with Gasteiger partial charge in [0, 0.05) is 6.26 Å². The second-order valence-electron chi connectivity index (χ2n) is 1.25. The summed E-state index contributed by atoms with van der Waals surface area (Å²) in [5.41, 5.74) is 0. The van der Waals surface area contributed by atoms with Crippen LogP contribution in [0.25, 0.3) is 0 Å². The van der Waals surface area contributed by atoms with E-state index in [4.69, 9.17) is 11.8 Å². The molecule has 0 amide bonds. The number of hydrogen-bond acceptors (Lipinski definition) is 3. The van der Waals surface area contributed by atoms with Crippen LogP contribution >= 0.6 is 0 Å². The molecule has 1 radical (unpaired) electrons. The monoisotopic (exact) mass is 130 g/mol. The van der Waals surface area contributed by atoms with Gasteiger partial charge in [0.15, 0.2) is 9.84 Å². The molecular formula is C4H4NO2S. The first-order chi connectivity index (χ1) is 3.48. The Labute approximate surface area is 48.2 Å². The van der Waals surface area contributed by atoms with Crippen LogP contribution in [0.15, 0.2) is 4.91 Å². The van der Waals surface area contributed by atoms with Gasteiger partial charge in [-0.2, -0.15) is 5.26 Å². The Hall–Kier alpha value is -0.820. The first-order valence-electron chi connectivity index (χ1n) is 1.71. The fraction of sp³-hybridized carbons (Fsp3) is 0.250. The molecule has 0 rings (SSSR count). The average Bonchev–Trinajstić information content (AvgIpc) is 1.62. The molecule has 8 heavy (non-hydrogen) atoms. The highest BCUT2D eigenvalue weighted by Crippen LogP contribution is 1.95. The summed E-state index contributed by atoms with van der Waals surface area (Å²) in [5.74, 6) is 0. The molecule has 0 atom stereocenters. The predicted molar refractivity (Wildman–Crippen MR) is 28.3 cm³/mol. The molecule has 0 bridgehead atoms. The Morgan fingerprint density at radius 3 is 2.12 bits per heavy atom. The molecule has 0 aromatic carbocycles. The zero-order valence-corrected chi connectivity index (χ0v) is 5.07. The lowest BCUT2D eigenvalue weighted by atomic mass is 10.7. The normalized spacial score (nSPS) is 10.0. The van der Waals surface area contributed by atoms with Crippen LogP contribution in [0.4, 0.5) is 0 Å². The summed E-state index contributed by atoms with van der Waals surface area (Å²) in [6.07, 6.45) is 0.881. The third-order valence-corrected chi connectivity index (χ3v) is 1.40. The minimum atomic E-state index is -3.42. The minimum absolute atomic E-state index is 0.641. The van der Waals surface area contributed by atoms with Crippen LogP contribution in [0, 0.1) is 17.9 Å². The number of nitrogens with zero attached hydrogens (tertiary/aromatic N) is 1. The summed E-state index contributed by atoms with van der Waals surface area (Å²) in [6.45, 7) is 4.72. The summed E-state index contributed by atoms with van der Waals surface area (Å²) in [7, 11) is -3.42. The van der Waals surface area contributed by atoms with Crippen molar-refractivity contribution in [1.82, 2.24) is 0 Å². The van der Waals surface area contributed by atoms with Gasteiger partial charge in [-0.3, -0.25) is 0 Å². The molecule has 0 spiro atoms. The number of rotatable bonds is 1. The summed E-state index contributed by atoms with van der Waals surface area (Å²) >= 11 is 0. The fourth-order valence-electron chi connectivity index (χ4n) is 0.0829. The van der Waals surface area contributed by atoms with Crippen molar-refractivity contribution in [3.63, 3.8) is 0 Å². The van der Waals surface area contributed by atoms with E-state index in [9.17, 15) is 8.42 Å². The lowest BCUT2D eigenvalue weighted by molar-refractivity contribution is 0.608. The molecule has 43 valence electrons. The number of allylic oxidation sites excluding steroid dienone is 1. The summed E-state index contributed by atoms with van der Waals surface area (Å²) in [5, 5.41) is 7.88. The maximum atomic E-state index is 10.2. The predicted octanol–water partition coefficient (Wildman–Crippen LogP) is -0.129. The summed E-state index contributed by atoms with van der Waals surface area (Å²) in [6, 6.07) is 1.31. The highest BCUT2D eigenvalue weighted by Gasteiger charge is 2.04. The molecule has 0 aliphatic rings. The number of nitriles is 1. The van der Waals surface area contributed by atoms with Crippen molar-refractivity contribution in [1.29, 1.82) is 5.26 Å². The standard InChI is InChI=1S/C4H4NO2S/c1-4(3-5)8(2,6)7/h1H,2H3. The zero-order chi connectivity index (χ0) is 6.78. The van der Waals surface area contributed by atoms with Crippen molar-refractivity contribution in [3.8, 4) is 6.07 Å². The topological polar surface area (TPSA) is 57.9 Å². The van der Waals surface area contributed by atoms with E-state index in [-0.39, 0.29) is 0 Å². The van der Waals surface area contributed by atoms with E-state index >= 15 is 0 Å². The highest BCUT2D eigenvalue weighted by molar-refractivity contribution is 7.94. The van der Waals surface area contributed by atoms with Crippen molar-refractivity contribution >= 4 is 9.84 Å². The van der Waals surface area contributed by atoms with E-state index < -0.39 is 14.7 Å². The van der Waals surface area contributed by atoms with Crippen LogP contribution < -0.4 is 0 Å². The van der Waals surface area contributed by atoms with Crippen molar-refractivity contribution in [2.24, 2.45) is 0 Å². The molecule has 0 fully saturated rings. The van der Waals surface area contributed by atoms with E-state index in [2.05, 4.69) is 0 Å². The van der Waals surface area contributed by atoms with Crippen LogP contribution in [0.2, 0.25) is 0 Å². The first kappa shape index (κ1) is 7.18. The Bertz CT molecular complexity index is 231. The maximum Gasteiger partial charge on any atom is 0.185 e. The Morgan fingerprint density at radius 2 is 2.12 bits per heavy atom. The van der Waals surface area contributed by atoms with Gasteiger partial charge >= 0.3 is 0 Å². The van der Waals surface area contributed by atoms with Crippen LogP contribution in [0.5, 0.6) is 0 Å². The molecule has 0 N–H and O–H groups in total. The molecule has 0 aromatic rings. The lowest BCUT2D eigenvalue weighted by Crippen LogP contribution is -1.95. The van der Waals surface area contributed by atoms with Crippen LogP contribution in [-0.4, -0.2) is 14.7 Å². The molecular weight excluding hydrogens is 126 g/mol. The van der Waals surface area contributed by atoms with Gasteiger partial charge in [-0.05, 0) is 6.58 Å². The molecule has 0 saturated carbocycles. The third kappa shape index (κ3) is 1.76. The van der Waals surface area contributed by atoms with Gasteiger partial charge in [0.05, 0.1) is 0 Å². The van der Waals surface area contributed by atoms with E-state index in [0.29, 0.717) is 0 Å². The van der Waals surface area contributed by atoms with Crippen molar-refractivity contribution in [2.45, 2.75) is 0 Å². The molecule has 0 saturated heterocycles. The highest BCUT2D eigenvalue weighted by atomic mass is 32.2. The Kier molecular flexibility index (Phi) is 1.77. The van der Waals surface area contributed by atoms with Gasteiger partial charge in [-0.1, -0.05) is 0 Å². The van der Waals surface area contributed by atoms with Crippen LogP contribution in [-0.2, 0) is 9.84 Å². The fourth-order valence-corrected chi connectivity index (χ4v) is 0.249. The maximum absolute atomic E-state index is 10.2. The quantitative estimate of drug-likeness (QED) is 0.464. The van der Waals surface area contributed by atoms with Gasteiger partial charge in [0.25, 0.3) is 0 Å². The smallest absolute Gasteiger partial charge is 0.185 e. The third-order valence-electron chi connectivity index (χ3n) is 0.510. The van der Waals surface area contributed by atoms with E-state index in [1.165, 1.54) is 6.07 Å². The van der Waals surface area contributed by atoms with E-state index in [1.54, 1.807) is 0 Å². The van der Waals surface area contributed by atoms with Crippen LogP contribution in [0.1, 0.15) is 0 Å². The SMILES string of the molecule is [CH]=C(C#N)S(C)(=O)=O. The van der Waals surface area contributed by atoms with Gasteiger partial charge in [0.2, 0.25) is 0 Å². The molecule has 0 heterocycles. The summed E-state index contributed by atoms with van der Waals surface area (Å²) < 4.78 is 20.4. The Morgan fingerprint density at radius 1 is 1.75 bits per heavy atom. The van der Waals surface area contributed by atoms with Crippen molar-refractivity contribution in [2.75, 3.05) is 6.26 Å². The van der Waals surface area contributed by atoms with Crippen molar-refractivity contribution in [3.05, 3.63) is 11.5 Å². The Balaban J connectivity index is 4.62. The van der Waals surface area contributed by atoms with E-state index in [1.807, 2.05) is 0 Å². The van der Waals surface area contributed by atoms with Crippen molar-refractivity contribution < 1.29 is 8.42 Å². The molecule has 0 aliphatic carbocycles. The van der Waals surface area contributed by atoms with Gasteiger partial charge in [0.1, 0.15) is 11.0 Å². The summed E-state index contributed by atoms with van der Waals surface area (Å²) in [4.78, 5) is -0.641. The number of hydrogen-bond donors (Lipinski definition) is 0. The second-order valence-corrected chi connectivity index (χ2v) is 3.23. The second kappa shape index (κ2) is 1.97. The lowest BCUT2D eigenvalue weighted by Gasteiger charge is -1.84. The first-order valence-corrected chi connectivity index (χ1v) is 3.60. The minimum Gasteiger partial charge on any atom is -0.223 e. The molecule has 0 unspecified atom stereocenters. The zero-order valence-electron chi connectivity index (χ0n) is 4.25. The molecule has 0 aliphatic heterocycles. The van der Waals surface area contributed by atoms with E-state index in [0.717, 1.165) is 6.26 Å². The van der Waals surface area contributed by atoms with Gasteiger partial charge in [-0.15, -0.1) is 0 Å². The average molecular weight is 130 g/mol. The molecule has 3 nitrogen and oxygen atoms in total. The number of sulfone groups is 1. The van der Waals surface area contributed by atoms with Gasteiger partial charge in [-0.25, -0.2) is 8.42 Å². The van der Waals surface area contributed by atoms with Crippen LogP contribution in [0.3, 0.4) is 0 Å².